The standard InChI is InChI=1S/C15H17F3N2O4/c1-9-2-3-11(14(22)23)7-20(9)13(21)10-4-5-19-12(6-10)24-8-15(16,17)18/h4-6,9,11H,2-3,7-8H2,1H3,(H,22,23). The van der Waals surface area contributed by atoms with E-state index >= 15 is 0 Å². The molecule has 6 nitrogen and oxygen atoms in total. The number of alkyl halides is 3. The molecule has 1 saturated heterocycles. The van der Waals surface area contributed by atoms with Crippen molar-refractivity contribution in [3.8, 4) is 5.88 Å². The highest BCUT2D eigenvalue weighted by atomic mass is 19.4. The van der Waals surface area contributed by atoms with Gasteiger partial charge >= 0.3 is 12.1 Å². The number of ether oxygens (including phenoxy) is 1. The zero-order chi connectivity index (χ0) is 17.9. The van der Waals surface area contributed by atoms with Crippen LogP contribution in [0.1, 0.15) is 30.1 Å². The highest BCUT2D eigenvalue weighted by molar-refractivity contribution is 5.95. The largest absolute Gasteiger partial charge is 0.481 e. The van der Waals surface area contributed by atoms with E-state index in [1.165, 1.54) is 17.2 Å². The number of carbonyl (C=O) groups excluding carboxylic acids is 1. The molecular formula is C15H17F3N2O4. The molecule has 0 saturated carbocycles. The molecule has 1 aromatic heterocycles. The van der Waals surface area contributed by atoms with E-state index in [9.17, 15) is 22.8 Å². The summed E-state index contributed by atoms with van der Waals surface area (Å²) in [6.07, 6.45) is -2.29. The summed E-state index contributed by atoms with van der Waals surface area (Å²) in [6.45, 7) is 0.369. The Kier molecular flexibility index (Phi) is 5.30. The highest BCUT2D eigenvalue weighted by Gasteiger charge is 2.33. The Morgan fingerprint density at radius 3 is 2.75 bits per heavy atom. The Balaban J connectivity index is 2.12. The lowest BCUT2D eigenvalue weighted by Crippen LogP contribution is -2.47. The minimum atomic E-state index is -4.50. The predicted molar refractivity (Wildman–Crippen MR) is 76.6 cm³/mol. The van der Waals surface area contributed by atoms with Crippen LogP contribution in [0.5, 0.6) is 5.88 Å². The summed E-state index contributed by atoms with van der Waals surface area (Å²) < 4.78 is 41.1. The normalized spacial score (nSPS) is 21.4. The van der Waals surface area contributed by atoms with Crippen LogP contribution in [0.3, 0.4) is 0 Å². The third-order valence-corrected chi connectivity index (χ3v) is 3.86. The lowest BCUT2D eigenvalue weighted by molar-refractivity contribution is -0.154. The molecule has 0 aromatic carbocycles. The van der Waals surface area contributed by atoms with Crippen molar-refractivity contribution in [1.82, 2.24) is 9.88 Å². The highest BCUT2D eigenvalue weighted by Crippen LogP contribution is 2.25. The predicted octanol–water partition coefficient (Wildman–Crippen LogP) is 2.35. The molecule has 1 aromatic rings. The average Bonchev–Trinajstić information content (AvgIpc) is 2.52. The van der Waals surface area contributed by atoms with Crippen molar-refractivity contribution in [2.45, 2.75) is 32.0 Å². The van der Waals surface area contributed by atoms with Crippen LogP contribution in [0.25, 0.3) is 0 Å². The Morgan fingerprint density at radius 2 is 2.12 bits per heavy atom. The number of carboxylic acids is 1. The van der Waals surface area contributed by atoms with Crippen LogP contribution < -0.4 is 4.74 Å². The topological polar surface area (TPSA) is 79.7 Å². The van der Waals surface area contributed by atoms with Crippen molar-refractivity contribution < 1.29 is 32.6 Å². The molecule has 0 spiro atoms. The molecule has 0 radical (unpaired) electrons. The number of likely N-dealkylation sites (tertiary alicyclic amines) is 1. The fourth-order valence-corrected chi connectivity index (χ4v) is 2.53. The number of piperidine rings is 1. The number of carboxylic acid groups (broad SMARTS) is 1. The second-order valence-corrected chi connectivity index (χ2v) is 5.71. The van der Waals surface area contributed by atoms with Gasteiger partial charge in [-0.25, -0.2) is 4.98 Å². The van der Waals surface area contributed by atoms with Crippen LogP contribution >= 0.6 is 0 Å². The number of hydrogen-bond donors (Lipinski definition) is 1. The van der Waals surface area contributed by atoms with Crippen molar-refractivity contribution in [2.24, 2.45) is 5.92 Å². The fraction of sp³-hybridized carbons (Fsp3) is 0.533. The zero-order valence-corrected chi connectivity index (χ0v) is 12.9. The molecule has 0 bridgehead atoms. The van der Waals surface area contributed by atoms with Gasteiger partial charge in [-0.1, -0.05) is 0 Å². The lowest BCUT2D eigenvalue weighted by atomic mass is 9.93. The summed E-state index contributed by atoms with van der Waals surface area (Å²) in [7, 11) is 0. The van der Waals surface area contributed by atoms with Gasteiger partial charge in [0.05, 0.1) is 5.92 Å². The fourth-order valence-electron chi connectivity index (χ4n) is 2.53. The van der Waals surface area contributed by atoms with Gasteiger partial charge in [-0.15, -0.1) is 0 Å². The van der Waals surface area contributed by atoms with Crippen molar-refractivity contribution in [1.29, 1.82) is 0 Å². The van der Waals surface area contributed by atoms with Gasteiger partial charge in [0.1, 0.15) is 0 Å². The first kappa shape index (κ1) is 18.0. The molecule has 2 heterocycles. The second-order valence-electron chi connectivity index (χ2n) is 5.71. The molecule has 1 N–H and O–H groups in total. The minimum absolute atomic E-state index is 0.0659. The molecule has 0 aliphatic carbocycles. The van der Waals surface area contributed by atoms with Crippen molar-refractivity contribution >= 4 is 11.9 Å². The van der Waals surface area contributed by atoms with Gasteiger partial charge in [0.2, 0.25) is 5.88 Å². The molecule has 1 aliphatic rings. The molecule has 2 unspecified atom stereocenters. The van der Waals surface area contributed by atoms with E-state index in [2.05, 4.69) is 9.72 Å². The molecule has 2 rings (SSSR count). The zero-order valence-electron chi connectivity index (χ0n) is 12.9. The third-order valence-electron chi connectivity index (χ3n) is 3.86. The maximum atomic E-state index is 12.6. The second kappa shape index (κ2) is 7.06. The summed E-state index contributed by atoms with van der Waals surface area (Å²) in [5.41, 5.74) is 0.111. The molecule has 9 heteroatoms. The summed E-state index contributed by atoms with van der Waals surface area (Å²) in [6, 6.07) is 2.34. The monoisotopic (exact) mass is 346 g/mol. The van der Waals surface area contributed by atoms with Gasteiger partial charge < -0.3 is 14.7 Å². The van der Waals surface area contributed by atoms with E-state index in [-0.39, 0.29) is 24.0 Å². The molecular weight excluding hydrogens is 329 g/mol. The van der Waals surface area contributed by atoms with Crippen molar-refractivity contribution in [2.75, 3.05) is 13.2 Å². The van der Waals surface area contributed by atoms with Gasteiger partial charge in [-0.2, -0.15) is 13.2 Å². The Hall–Kier alpha value is -2.32. The van der Waals surface area contributed by atoms with Gasteiger partial charge in [-0.3, -0.25) is 9.59 Å². The smallest absolute Gasteiger partial charge is 0.422 e. The number of carbonyl (C=O) groups is 2. The third kappa shape index (κ3) is 4.59. The molecule has 24 heavy (non-hydrogen) atoms. The number of amides is 1. The number of halogens is 3. The quantitative estimate of drug-likeness (QED) is 0.905. The van der Waals surface area contributed by atoms with Crippen molar-refractivity contribution in [3.05, 3.63) is 23.9 Å². The Morgan fingerprint density at radius 1 is 1.42 bits per heavy atom. The number of rotatable bonds is 4. The van der Waals surface area contributed by atoms with Crippen LogP contribution in [-0.2, 0) is 4.79 Å². The van der Waals surface area contributed by atoms with Gasteiger partial charge in [0.25, 0.3) is 5.91 Å². The van der Waals surface area contributed by atoms with E-state index in [4.69, 9.17) is 5.11 Å². The molecule has 1 aliphatic heterocycles. The molecule has 2 atom stereocenters. The Labute approximate surface area is 136 Å². The lowest BCUT2D eigenvalue weighted by Gasteiger charge is -2.36. The number of nitrogens with zero attached hydrogens (tertiary/aromatic N) is 2. The van der Waals surface area contributed by atoms with E-state index in [0.717, 1.165) is 6.07 Å². The number of aliphatic carboxylic acids is 1. The number of hydrogen-bond acceptors (Lipinski definition) is 4. The summed E-state index contributed by atoms with van der Waals surface area (Å²) in [5.74, 6) is -2.37. The van der Waals surface area contributed by atoms with Crippen LogP contribution in [0, 0.1) is 5.92 Å². The van der Waals surface area contributed by atoms with E-state index < -0.39 is 30.6 Å². The average molecular weight is 346 g/mol. The summed E-state index contributed by atoms with van der Waals surface area (Å²) in [5, 5.41) is 9.11. The van der Waals surface area contributed by atoms with Crippen LogP contribution in [0.4, 0.5) is 13.2 Å². The van der Waals surface area contributed by atoms with E-state index in [0.29, 0.717) is 12.8 Å². The van der Waals surface area contributed by atoms with Crippen LogP contribution in [0.2, 0.25) is 0 Å². The Bertz CT molecular complexity index is 621. The number of aromatic nitrogens is 1. The van der Waals surface area contributed by atoms with Gasteiger partial charge in [-0.05, 0) is 25.8 Å². The first-order valence-corrected chi connectivity index (χ1v) is 7.37. The van der Waals surface area contributed by atoms with Crippen molar-refractivity contribution in [3.63, 3.8) is 0 Å². The molecule has 1 amide bonds. The SMILES string of the molecule is CC1CCC(C(=O)O)CN1C(=O)c1ccnc(OCC(F)(F)F)c1. The summed E-state index contributed by atoms with van der Waals surface area (Å²) >= 11 is 0. The maximum Gasteiger partial charge on any atom is 0.422 e. The summed E-state index contributed by atoms with van der Waals surface area (Å²) in [4.78, 5) is 28.8. The van der Waals surface area contributed by atoms with Gasteiger partial charge in [0, 0.05) is 30.4 Å². The van der Waals surface area contributed by atoms with E-state index in [1.54, 1.807) is 6.92 Å². The minimum Gasteiger partial charge on any atom is -0.481 e. The van der Waals surface area contributed by atoms with Crippen LogP contribution in [0.15, 0.2) is 18.3 Å². The molecule has 132 valence electrons. The first-order valence-electron chi connectivity index (χ1n) is 7.37. The van der Waals surface area contributed by atoms with Crippen LogP contribution in [-0.4, -0.2) is 52.2 Å². The van der Waals surface area contributed by atoms with E-state index in [1.807, 2.05) is 0 Å². The van der Waals surface area contributed by atoms with Gasteiger partial charge in [0.15, 0.2) is 6.61 Å². The molecule has 1 fully saturated rings. The number of pyridine rings is 1. The first-order chi connectivity index (χ1) is 11.2. The maximum absolute atomic E-state index is 12.6.